The normalized spacial score (nSPS) is 11.7. The summed E-state index contributed by atoms with van der Waals surface area (Å²) in [7, 11) is 1.80. The van der Waals surface area contributed by atoms with Crippen molar-refractivity contribution in [3.8, 4) is 0 Å². The van der Waals surface area contributed by atoms with Gasteiger partial charge in [0, 0.05) is 19.7 Å². The van der Waals surface area contributed by atoms with Gasteiger partial charge in [-0.15, -0.1) is 0 Å². The van der Waals surface area contributed by atoms with Gasteiger partial charge >= 0.3 is 0 Å². The summed E-state index contributed by atoms with van der Waals surface area (Å²) in [5.74, 6) is 0. The van der Waals surface area contributed by atoms with Crippen molar-refractivity contribution in [1.29, 1.82) is 0 Å². The maximum absolute atomic E-state index is 5.23. The highest BCUT2D eigenvalue weighted by Crippen LogP contribution is 2.10. The first kappa shape index (κ1) is 18.9. The van der Waals surface area contributed by atoms with E-state index in [0.717, 1.165) is 25.7 Å². The molecule has 0 aromatic rings. The lowest BCUT2D eigenvalue weighted by Gasteiger charge is -2.30. The molecule has 0 bridgehead atoms. The van der Waals surface area contributed by atoms with Crippen molar-refractivity contribution < 1.29 is 4.74 Å². The van der Waals surface area contributed by atoms with Crippen LogP contribution in [0.1, 0.15) is 59.3 Å². The summed E-state index contributed by atoms with van der Waals surface area (Å²) < 4.78 is 5.23. The molecule has 0 saturated carbocycles. The van der Waals surface area contributed by atoms with Crippen molar-refractivity contribution in [1.82, 2.24) is 10.2 Å². The highest BCUT2D eigenvalue weighted by Gasteiger charge is 2.13. The van der Waals surface area contributed by atoms with Gasteiger partial charge in [-0.1, -0.05) is 27.2 Å². The van der Waals surface area contributed by atoms with Gasteiger partial charge in [0.25, 0.3) is 0 Å². The SMILES string of the molecule is CCCNCCCCCN(CCOC)C(CC)CC. The second-order valence-electron chi connectivity index (χ2n) is 5.31. The van der Waals surface area contributed by atoms with Gasteiger partial charge < -0.3 is 10.1 Å². The van der Waals surface area contributed by atoms with E-state index in [0.29, 0.717) is 0 Å². The Balaban J connectivity index is 3.72. The van der Waals surface area contributed by atoms with Crippen LogP contribution in [0.3, 0.4) is 0 Å². The minimum atomic E-state index is 0.730. The zero-order chi connectivity index (χ0) is 14.3. The molecular formula is C16H36N2O. The van der Waals surface area contributed by atoms with E-state index >= 15 is 0 Å². The van der Waals surface area contributed by atoms with E-state index in [-0.39, 0.29) is 0 Å². The van der Waals surface area contributed by atoms with Crippen molar-refractivity contribution in [2.45, 2.75) is 65.3 Å². The molecule has 0 aliphatic heterocycles. The second-order valence-corrected chi connectivity index (χ2v) is 5.31. The fraction of sp³-hybridized carbons (Fsp3) is 1.00. The number of methoxy groups -OCH3 is 1. The molecule has 0 aromatic heterocycles. The summed E-state index contributed by atoms with van der Waals surface area (Å²) in [5, 5.41) is 3.47. The van der Waals surface area contributed by atoms with Crippen LogP contribution >= 0.6 is 0 Å². The average molecular weight is 272 g/mol. The molecule has 3 nitrogen and oxygen atoms in total. The lowest BCUT2D eigenvalue weighted by Crippen LogP contribution is -2.37. The van der Waals surface area contributed by atoms with Crippen LogP contribution in [0.2, 0.25) is 0 Å². The number of rotatable bonds is 14. The number of ether oxygens (including phenoxy) is 1. The van der Waals surface area contributed by atoms with Gasteiger partial charge in [0.05, 0.1) is 6.61 Å². The van der Waals surface area contributed by atoms with Gasteiger partial charge in [0.15, 0.2) is 0 Å². The minimum Gasteiger partial charge on any atom is -0.383 e. The van der Waals surface area contributed by atoms with Crippen LogP contribution in [0.25, 0.3) is 0 Å². The molecule has 0 unspecified atom stereocenters. The Morgan fingerprint density at radius 2 is 1.68 bits per heavy atom. The summed E-state index contributed by atoms with van der Waals surface area (Å²) in [6, 6.07) is 0.730. The largest absolute Gasteiger partial charge is 0.383 e. The van der Waals surface area contributed by atoms with Crippen LogP contribution in [-0.4, -0.2) is 50.8 Å². The van der Waals surface area contributed by atoms with Crippen LogP contribution in [0.15, 0.2) is 0 Å². The Kier molecular flexibility index (Phi) is 14.2. The summed E-state index contributed by atoms with van der Waals surface area (Å²) in [6.07, 6.45) is 7.69. The lowest BCUT2D eigenvalue weighted by molar-refractivity contribution is 0.113. The molecule has 0 atom stereocenters. The monoisotopic (exact) mass is 272 g/mol. The molecule has 116 valence electrons. The van der Waals surface area contributed by atoms with E-state index < -0.39 is 0 Å². The Morgan fingerprint density at radius 1 is 0.947 bits per heavy atom. The van der Waals surface area contributed by atoms with Gasteiger partial charge in [0.1, 0.15) is 0 Å². The Bertz CT molecular complexity index is 172. The van der Waals surface area contributed by atoms with Crippen molar-refractivity contribution in [3.63, 3.8) is 0 Å². The third-order valence-corrected chi connectivity index (χ3v) is 3.77. The third-order valence-electron chi connectivity index (χ3n) is 3.77. The number of nitrogens with one attached hydrogen (secondary N) is 1. The first-order valence-corrected chi connectivity index (χ1v) is 8.23. The maximum atomic E-state index is 5.23. The van der Waals surface area contributed by atoms with Gasteiger partial charge in [0.2, 0.25) is 0 Å². The predicted octanol–water partition coefficient (Wildman–Crippen LogP) is 3.29. The molecule has 0 spiro atoms. The zero-order valence-corrected chi connectivity index (χ0v) is 13.7. The molecule has 0 radical (unpaired) electrons. The van der Waals surface area contributed by atoms with Gasteiger partial charge in [-0.2, -0.15) is 0 Å². The maximum Gasteiger partial charge on any atom is 0.0589 e. The van der Waals surface area contributed by atoms with Gasteiger partial charge in [-0.05, 0) is 51.7 Å². The molecule has 0 saturated heterocycles. The first-order valence-electron chi connectivity index (χ1n) is 8.23. The average Bonchev–Trinajstić information content (AvgIpc) is 2.44. The van der Waals surface area contributed by atoms with Crippen LogP contribution < -0.4 is 5.32 Å². The number of unbranched alkanes of at least 4 members (excludes halogenated alkanes) is 2. The third kappa shape index (κ3) is 10.3. The van der Waals surface area contributed by atoms with Crippen LogP contribution in [0.4, 0.5) is 0 Å². The van der Waals surface area contributed by atoms with E-state index in [1.807, 2.05) is 0 Å². The number of hydrogen-bond acceptors (Lipinski definition) is 3. The number of nitrogens with zero attached hydrogens (tertiary/aromatic N) is 1. The molecule has 3 heteroatoms. The number of hydrogen-bond donors (Lipinski definition) is 1. The fourth-order valence-corrected chi connectivity index (χ4v) is 2.53. The zero-order valence-electron chi connectivity index (χ0n) is 13.7. The molecule has 0 aliphatic rings. The quantitative estimate of drug-likeness (QED) is 0.491. The summed E-state index contributed by atoms with van der Waals surface area (Å²) >= 11 is 0. The molecule has 0 amide bonds. The van der Waals surface area contributed by atoms with Crippen molar-refractivity contribution >= 4 is 0 Å². The van der Waals surface area contributed by atoms with Crippen LogP contribution in [0, 0.1) is 0 Å². The molecule has 0 aromatic carbocycles. The van der Waals surface area contributed by atoms with Crippen LogP contribution in [-0.2, 0) is 4.74 Å². The van der Waals surface area contributed by atoms with Gasteiger partial charge in [-0.25, -0.2) is 0 Å². The Morgan fingerprint density at radius 3 is 2.26 bits per heavy atom. The molecule has 19 heavy (non-hydrogen) atoms. The molecular weight excluding hydrogens is 236 g/mol. The van der Waals surface area contributed by atoms with E-state index in [9.17, 15) is 0 Å². The lowest BCUT2D eigenvalue weighted by atomic mass is 10.1. The van der Waals surface area contributed by atoms with Crippen molar-refractivity contribution in [2.24, 2.45) is 0 Å². The predicted molar refractivity (Wildman–Crippen MR) is 84.8 cm³/mol. The molecule has 0 fully saturated rings. The second kappa shape index (κ2) is 14.3. The summed E-state index contributed by atoms with van der Waals surface area (Å²) in [4.78, 5) is 2.61. The molecule has 1 N–H and O–H groups in total. The highest BCUT2D eigenvalue weighted by molar-refractivity contribution is 4.69. The molecule has 0 aliphatic carbocycles. The fourth-order valence-electron chi connectivity index (χ4n) is 2.53. The van der Waals surface area contributed by atoms with E-state index in [1.165, 1.54) is 51.6 Å². The Hall–Kier alpha value is -0.120. The van der Waals surface area contributed by atoms with Crippen molar-refractivity contribution in [2.75, 3.05) is 39.9 Å². The standard InChI is InChI=1S/C16H36N2O/c1-5-11-17-12-9-8-10-13-18(14-15-19-4)16(6-2)7-3/h16-17H,5-15H2,1-4H3. The first-order chi connectivity index (χ1) is 9.29. The van der Waals surface area contributed by atoms with Crippen LogP contribution in [0.5, 0.6) is 0 Å². The molecule has 0 rings (SSSR count). The Labute approximate surface area is 121 Å². The molecule has 0 heterocycles. The highest BCUT2D eigenvalue weighted by atomic mass is 16.5. The summed E-state index contributed by atoms with van der Waals surface area (Å²) in [5.41, 5.74) is 0. The summed E-state index contributed by atoms with van der Waals surface area (Å²) in [6.45, 7) is 12.3. The van der Waals surface area contributed by atoms with E-state index in [1.54, 1.807) is 7.11 Å². The van der Waals surface area contributed by atoms with Gasteiger partial charge in [-0.3, -0.25) is 4.90 Å². The van der Waals surface area contributed by atoms with E-state index in [2.05, 4.69) is 31.0 Å². The van der Waals surface area contributed by atoms with E-state index in [4.69, 9.17) is 4.74 Å². The van der Waals surface area contributed by atoms with Crippen molar-refractivity contribution in [3.05, 3.63) is 0 Å². The topological polar surface area (TPSA) is 24.5 Å². The smallest absolute Gasteiger partial charge is 0.0589 e. The minimum absolute atomic E-state index is 0.730.